The summed E-state index contributed by atoms with van der Waals surface area (Å²) in [7, 11) is 1.34. The third-order valence-corrected chi connectivity index (χ3v) is 2.74. The Morgan fingerprint density at radius 3 is 3.19 bits per heavy atom. The van der Waals surface area contributed by atoms with Gasteiger partial charge >= 0.3 is 5.97 Å². The van der Waals surface area contributed by atoms with E-state index >= 15 is 0 Å². The lowest BCUT2D eigenvalue weighted by Crippen LogP contribution is -2.02. The SMILES string of the molecule is COC(=O)CSc1nc2ccc(N)cc2o1. The van der Waals surface area contributed by atoms with Gasteiger partial charge in [-0.3, -0.25) is 4.79 Å². The summed E-state index contributed by atoms with van der Waals surface area (Å²) in [6, 6.07) is 5.22. The number of carbonyl (C=O) groups is 1. The predicted molar refractivity (Wildman–Crippen MR) is 61.2 cm³/mol. The minimum Gasteiger partial charge on any atom is -0.468 e. The standard InChI is InChI=1S/C10H10N2O3S/c1-14-9(13)5-16-10-12-7-3-2-6(11)4-8(7)15-10/h2-4H,5,11H2,1H3. The number of ether oxygens (including phenoxy) is 1. The molecule has 2 rings (SSSR count). The molecule has 6 heteroatoms. The van der Waals surface area contributed by atoms with Gasteiger partial charge in [-0.2, -0.15) is 0 Å². The van der Waals surface area contributed by atoms with Crippen LogP contribution in [-0.4, -0.2) is 23.8 Å². The Morgan fingerprint density at radius 2 is 2.44 bits per heavy atom. The Kier molecular flexibility index (Phi) is 3.00. The first-order valence-corrected chi connectivity index (χ1v) is 5.53. The number of aromatic nitrogens is 1. The van der Waals surface area contributed by atoms with Crippen molar-refractivity contribution in [2.45, 2.75) is 5.22 Å². The van der Waals surface area contributed by atoms with Crippen molar-refractivity contribution in [2.24, 2.45) is 0 Å². The number of hydrogen-bond donors (Lipinski definition) is 1. The van der Waals surface area contributed by atoms with Crippen LogP contribution in [0.15, 0.2) is 27.8 Å². The topological polar surface area (TPSA) is 78.3 Å². The minimum absolute atomic E-state index is 0.179. The first-order chi connectivity index (χ1) is 7.69. The lowest BCUT2D eigenvalue weighted by atomic mass is 10.3. The number of rotatable bonds is 3. The summed E-state index contributed by atoms with van der Waals surface area (Å²) in [5.74, 6) is -0.134. The highest BCUT2D eigenvalue weighted by molar-refractivity contribution is 7.99. The number of nitrogens with two attached hydrogens (primary N) is 1. The van der Waals surface area contributed by atoms with Gasteiger partial charge in [-0.1, -0.05) is 11.8 Å². The van der Waals surface area contributed by atoms with Crippen LogP contribution >= 0.6 is 11.8 Å². The van der Waals surface area contributed by atoms with Gasteiger partial charge in [0, 0.05) is 11.8 Å². The summed E-state index contributed by atoms with van der Waals surface area (Å²) >= 11 is 1.19. The van der Waals surface area contributed by atoms with Crippen LogP contribution in [0.2, 0.25) is 0 Å². The number of oxazole rings is 1. The fraction of sp³-hybridized carbons (Fsp3) is 0.200. The van der Waals surface area contributed by atoms with Gasteiger partial charge in [0.05, 0.1) is 7.11 Å². The van der Waals surface area contributed by atoms with E-state index < -0.39 is 0 Å². The number of fused-ring (bicyclic) bond motifs is 1. The van der Waals surface area contributed by atoms with Gasteiger partial charge in [0.25, 0.3) is 5.22 Å². The normalized spacial score (nSPS) is 10.6. The third kappa shape index (κ3) is 2.27. The molecular weight excluding hydrogens is 228 g/mol. The summed E-state index contributed by atoms with van der Waals surface area (Å²) in [5.41, 5.74) is 7.57. The maximum Gasteiger partial charge on any atom is 0.316 e. The first kappa shape index (κ1) is 10.8. The highest BCUT2D eigenvalue weighted by Crippen LogP contribution is 2.24. The Morgan fingerprint density at radius 1 is 1.62 bits per heavy atom. The molecule has 0 aliphatic rings. The van der Waals surface area contributed by atoms with Gasteiger partial charge in [0.15, 0.2) is 5.58 Å². The van der Waals surface area contributed by atoms with Crippen molar-refractivity contribution < 1.29 is 13.9 Å². The second-order valence-electron chi connectivity index (χ2n) is 3.07. The Hall–Kier alpha value is -1.69. The molecule has 5 nitrogen and oxygen atoms in total. The van der Waals surface area contributed by atoms with Crippen molar-refractivity contribution in [1.29, 1.82) is 0 Å². The number of carbonyl (C=O) groups excluding carboxylic acids is 1. The number of esters is 1. The van der Waals surface area contributed by atoms with Gasteiger partial charge in [-0.05, 0) is 12.1 Å². The number of nitrogen functional groups attached to an aromatic ring is 1. The molecule has 0 saturated heterocycles. The molecular formula is C10H10N2O3S. The largest absolute Gasteiger partial charge is 0.468 e. The van der Waals surface area contributed by atoms with E-state index in [9.17, 15) is 4.79 Å². The maximum atomic E-state index is 10.9. The predicted octanol–water partition coefficient (Wildman–Crippen LogP) is 1.68. The molecule has 2 N–H and O–H groups in total. The molecule has 84 valence electrons. The molecule has 0 amide bonds. The third-order valence-electron chi connectivity index (χ3n) is 1.93. The van der Waals surface area contributed by atoms with Crippen LogP contribution in [0.5, 0.6) is 0 Å². The number of anilines is 1. The molecule has 0 spiro atoms. The van der Waals surface area contributed by atoms with Crippen molar-refractivity contribution in [3.8, 4) is 0 Å². The zero-order valence-corrected chi connectivity index (χ0v) is 9.41. The van der Waals surface area contributed by atoms with E-state index in [1.165, 1.54) is 18.9 Å². The zero-order chi connectivity index (χ0) is 11.5. The van der Waals surface area contributed by atoms with Gasteiger partial charge in [-0.15, -0.1) is 0 Å². The zero-order valence-electron chi connectivity index (χ0n) is 8.60. The van der Waals surface area contributed by atoms with E-state index in [0.717, 1.165) is 5.52 Å². The van der Waals surface area contributed by atoms with Gasteiger partial charge in [0.2, 0.25) is 0 Å². The molecule has 0 saturated carbocycles. The highest BCUT2D eigenvalue weighted by Gasteiger charge is 2.09. The number of methoxy groups -OCH3 is 1. The van der Waals surface area contributed by atoms with Crippen LogP contribution in [0.25, 0.3) is 11.1 Å². The van der Waals surface area contributed by atoms with Crippen LogP contribution in [-0.2, 0) is 9.53 Å². The molecule has 0 atom stereocenters. The summed E-state index contributed by atoms with van der Waals surface area (Å²) < 4.78 is 9.92. The molecule has 0 aliphatic heterocycles. The average molecular weight is 238 g/mol. The van der Waals surface area contributed by atoms with Crippen LogP contribution in [0, 0.1) is 0 Å². The number of thioether (sulfide) groups is 1. The van der Waals surface area contributed by atoms with Crippen molar-refractivity contribution in [3.63, 3.8) is 0 Å². The molecule has 1 aromatic carbocycles. The lowest BCUT2D eigenvalue weighted by Gasteiger charge is -1.94. The van der Waals surface area contributed by atoms with Crippen LogP contribution in [0.3, 0.4) is 0 Å². The van der Waals surface area contributed by atoms with Crippen molar-refractivity contribution >= 4 is 34.5 Å². The molecule has 16 heavy (non-hydrogen) atoms. The van der Waals surface area contributed by atoms with E-state index in [4.69, 9.17) is 10.2 Å². The lowest BCUT2D eigenvalue weighted by molar-refractivity contribution is -0.137. The molecule has 0 fully saturated rings. The van der Waals surface area contributed by atoms with Crippen LogP contribution < -0.4 is 5.73 Å². The Labute approximate surface area is 96.0 Å². The van der Waals surface area contributed by atoms with E-state index in [0.29, 0.717) is 16.5 Å². The molecule has 0 bridgehead atoms. The van der Waals surface area contributed by atoms with E-state index in [1.54, 1.807) is 18.2 Å². The molecule has 2 aromatic rings. The molecule has 1 aromatic heterocycles. The van der Waals surface area contributed by atoms with Crippen LogP contribution in [0.1, 0.15) is 0 Å². The summed E-state index contributed by atoms with van der Waals surface area (Å²) in [5, 5.41) is 0.436. The van der Waals surface area contributed by atoms with E-state index in [1.807, 2.05) is 0 Å². The van der Waals surface area contributed by atoms with Crippen molar-refractivity contribution in [3.05, 3.63) is 18.2 Å². The van der Waals surface area contributed by atoms with E-state index in [-0.39, 0.29) is 11.7 Å². The number of nitrogens with zero attached hydrogens (tertiary/aromatic N) is 1. The molecule has 1 heterocycles. The van der Waals surface area contributed by atoms with Crippen LogP contribution in [0.4, 0.5) is 5.69 Å². The molecule has 0 unspecified atom stereocenters. The summed E-state index contributed by atoms with van der Waals surface area (Å²) in [6.07, 6.45) is 0. The van der Waals surface area contributed by atoms with Crippen molar-refractivity contribution in [2.75, 3.05) is 18.6 Å². The van der Waals surface area contributed by atoms with Gasteiger partial charge in [0.1, 0.15) is 11.3 Å². The molecule has 0 radical (unpaired) electrons. The maximum absolute atomic E-state index is 10.9. The van der Waals surface area contributed by atoms with Gasteiger partial charge in [-0.25, -0.2) is 4.98 Å². The number of hydrogen-bond acceptors (Lipinski definition) is 6. The number of benzene rings is 1. The monoisotopic (exact) mass is 238 g/mol. The first-order valence-electron chi connectivity index (χ1n) is 4.55. The fourth-order valence-corrected chi connectivity index (χ4v) is 1.83. The Bertz CT molecular complexity index is 524. The highest BCUT2D eigenvalue weighted by atomic mass is 32.2. The van der Waals surface area contributed by atoms with Crippen molar-refractivity contribution in [1.82, 2.24) is 4.98 Å². The molecule has 0 aliphatic carbocycles. The average Bonchev–Trinajstić information content (AvgIpc) is 2.67. The summed E-state index contributed by atoms with van der Waals surface area (Å²) in [6.45, 7) is 0. The van der Waals surface area contributed by atoms with Gasteiger partial charge < -0.3 is 14.9 Å². The summed E-state index contributed by atoms with van der Waals surface area (Å²) in [4.78, 5) is 15.1. The van der Waals surface area contributed by atoms with E-state index in [2.05, 4.69) is 9.72 Å². The Balaban J connectivity index is 2.16. The fourth-order valence-electron chi connectivity index (χ4n) is 1.16. The second-order valence-corrected chi connectivity index (χ2v) is 4.00. The smallest absolute Gasteiger partial charge is 0.316 e. The quantitative estimate of drug-likeness (QED) is 0.498. The minimum atomic E-state index is -0.313. The second kappa shape index (κ2) is 4.44.